The van der Waals surface area contributed by atoms with Crippen molar-refractivity contribution in [2.45, 2.75) is 58.5 Å². The van der Waals surface area contributed by atoms with E-state index >= 15 is 0 Å². The molecule has 1 aliphatic rings. The Hall–Kier alpha value is -0.610. The molecule has 3 atom stereocenters. The van der Waals surface area contributed by atoms with Crippen LogP contribution in [-0.4, -0.2) is 42.5 Å². The smallest absolute Gasteiger partial charge is 0.220 e. The van der Waals surface area contributed by atoms with E-state index in [1.807, 2.05) is 6.92 Å². The van der Waals surface area contributed by atoms with Crippen molar-refractivity contribution < 1.29 is 4.79 Å². The Morgan fingerprint density at radius 1 is 1.50 bits per heavy atom. The molecule has 4 nitrogen and oxygen atoms in total. The van der Waals surface area contributed by atoms with Crippen LogP contribution in [0.5, 0.6) is 0 Å². The predicted molar refractivity (Wildman–Crippen MR) is 75.3 cm³/mol. The molecule has 1 heterocycles. The Morgan fingerprint density at radius 3 is 2.83 bits per heavy atom. The Labute approximate surface area is 111 Å². The van der Waals surface area contributed by atoms with Crippen molar-refractivity contribution in [2.24, 2.45) is 11.7 Å². The summed E-state index contributed by atoms with van der Waals surface area (Å²) in [6.07, 6.45) is 3.93. The zero-order valence-electron chi connectivity index (χ0n) is 12.1. The summed E-state index contributed by atoms with van der Waals surface area (Å²) >= 11 is 0. The van der Waals surface area contributed by atoms with Crippen LogP contribution in [-0.2, 0) is 4.79 Å². The first-order chi connectivity index (χ1) is 8.47. The molecule has 0 aromatic rings. The van der Waals surface area contributed by atoms with Crippen LogP contribution in [0, 0.1) is 5.92 Å². The van der Waals surface area contributed by atoms with Crippen LogP contribution in [0.2, 0.25) is 0 Å². The molecule has 0 radical (unpaired) electrons. The molecule has 18 heavy (non-hydrogen) atoms. The van der Waals surface area contributed by atoms with Gasteiger partial charge in [0.05, 0.1) is 0 Å². The fraction of sp³-hybridized carbons (Fsp3) is 0.929. The molecule has 106 valence electrons. The number of nitrogens with one attached hydrogen (secondary N) is 1. The monoisotopic (exact) mass is 255 g/mol. The molecule has 0 saturated carbocycles. The molecule has 0 aliphatic carbocycles. The first-order valence-electron chi connectivity index (χ1n) is 7.24. The van der Waals surface area contributed by atoms with E-state index in [9.17, 15) is 4.79 Å². The Kier molecular flexibility index (Phi) is 6.65. The second kappa shape index (κ2) is 7.74. The van der Waals surface area contributed by atoms with Gasteiger partial charge in [0.2, 0.25) is 5.91 Å². The van der Waals surface area contributed by atoms with Crippen LogP contribution >= 0.6 is 0 Å². The number of amides is 1. The Morgan fingerprint density at radius 2 is 2.22 bits per heavy atom. The molecule has 3 N–H and O–H groups in total. The van der Waals surface area contributed by atoms with Gasteiger partial charge in [0, 0.05) is 31.6 Å². The molecule has 1 aliphatic heterocycles. The average molecular weight is 255 g/mol. The predicted octanol–water partition coefficient (Wildman–Crippen LogP) is 1.35. The third kappa shape index (κ3) is 6.36. The number of nitrogens with two attached hydrogens (primary N) is 1. The topological polar surface area (TPSA) is 58.4 Å². The molecule has 0 aromatic carbocycles. The van der Waals surface area contributed by atoms with E-state index in [-0.39, 0.29) is 18.0 Å². The summed E-state index contributed by atoms with van der Waals surface area (Å²) in [6.45, 7) is 9.63. The van der Waals surface area contributed by atoms with E-state index < -0.39 is 0 Å². The number of hydrogen-bond donors (Lipinski definition) is 2. The number of rotatable bonds is 6. The molecule has 1 amide bonds. The summed E-state index contributed by atoms with van der Waals surface area (Å²) in [5.41, 5.74) is 5.65. The lowest BCUT2D eigenvalue weighted by Gasteiger charge is -2.32. The summed E-state index contributed by atoms with van der Waals surface area (Å²) in [7, 11) is 0. The van der Waals surface area contributed by atoms with Gasteiger partial charge in [-0.1, -0.05) is 6.92 Å². The molecule has 0 aromatic heterocycles. The quantitative estimate of drug-likeness (QED) is 0.753. The van der Waals surface area contributed by atoms with Crippen LogP contribution in [0.1, 0.15) is 46.5 Å². The fourth-order valence-electron chi connectivity index (χ4n) is 2.59. The summed E-state index contributed by atoms with van der Waals surface area (Å²) in [5.74, 6) is 0.921. The highest BCUT2D eigenvalue weighted by Gasteiger charge is 2.18. The van der Waals surface area contributed by atoms with Crippen molar-refractivity contribution in [2.75, 3.05) is 19.6 Å². The molecular weight excluding hydrogens is 226 g/mol. The summed E-state index contributed by atoms with van der Waals surface area (Å²) < 4.78 is 0. The molecule has 1 fully saturated rings. The van der Waals surface area contributed by atoms with Crippen LogP contribution in [0.3, 0.4) is 0 Å². The SMILES string of the molecule is CC(N)CCC(=O)NC(C)CN1CCCC(C)C1. The third-order valence-electron chi connectivity index (χ3n) is 3.51. The van der Waals surface area contributed by atoms with Crippen molar-refractivity contribution in [1.82, 2.24) is 10.2 Å². The second-order valence-corrected chi connectivity index (χ2v) is 5.99. The number of hydrogen-bond acceptors (Lipinski definition) is 3. The largest absolute Gasteiger partial charge is 0.352 e. The zero-order chi connectivity index (χ0) is 13.5. The fourth-order valence-corrected chi connectivity index (χ4v) is 2.59. The summed E-state index contributed by atoms with van der Waals surface area (Å²) in [6, 6.07) is 0.338. The molecule has 4 heteroatoms. The minimum atomic E-state index is 0.106. The van der Waals surface area contributed by atoms with E-state index in [1.165, 1.54) is 25.9 Å². The van der Waals surface area contributed by atoms with Crippen LogP contribution in [0.15, 0.2) is 0 Å². The van der Waals surface area contributed by atoms with E-state index in [0.29, 0.717) is 6.42 Å². The molecule has 3 unspecified atom stereocenters. The van der Waals surface area contributed by atoms with Gasteiger partial charge in [-0.05, 0) is 45.6 Å². The highest BCUT2D eigenvalue weighted by molar-refractivity contribution is 5.76. The normalized spacial score (nSPS) is 24.6. The average Bonchev–Trinajstić information content (AvgIpc) is 2.26. The Bertz CT molecular complexity index is 255. The molecule has 0 bridgehead atoms. The van der Waals surface area contributed by atoms with Gasteiger partial charge in [0.1, 0.15) is 0 Å². The van der Waals surface area contributed by atoms with Crippen molar-refractivity contribution in [3.8, 4) is 0 Å². The lowest BCUT2D eigenvalue weighted by atomic mass is 10.00. The van der Waals surface area contributed by atoms with Crippen molar-refractivity contribution in [3.63, 3.8) is 0 Å². The van der Waals surface area contributed by atoms with Gasteiger partial charge in [-0.15, -0.1) is 0 Å². The third-order valence-corrected chi connectivity index (χ3v) is 3.51. The van der Waals surface area contributed by atoms with Crippen molar-refractivity contribution >= 4 is 5.91 Å². The number of carbonyl (C=O) groups excluding carboxylic acids is 1. The van der Waals surface area contributed by atoms with Gasteiger partial charge < -0.3 is 16.0 Å². The minimum absolute atomic E-state index is 0.106. The molecule has 1 saturated heterocycles. The highest BCUT2D eigenvalue weighted by atomic mass is 16.1. The van der Waals surface area contributed by atoms with E-state index in [4.69, 9.17) is 5.73 Å². The molecule has 0 spiro atoms. The maximum atomic E-state index is 11.7. The number of likely N-dealkylation sites (tertiary alicyclic amines) is 1. The number of piperidine rings is 1. The van der Waals surface area contributed by atoms with Gasteiger partial charge >= 0.3 is 0 Å². The maximum absolute atomic E-state index is 11.7. The van der Waals surface area contributed by atoms with E-state index in [1.54, 1.807) is 0 Å². The Balaban J connectivity index is 2.19. The van der Waals surface area contributed by atoms with Crippen molar-refractivity contribution in [3.05, 3.63) is 0 Å². The van der Waals surface area contributed by atoms with Crippen LogP contribution in [0.25, 0.3) is 0 Å². The maximum Gasteiger partial charge on any atom is 0.220 e. The van der Waals surface area contributed by atoms with E-state index in [0.717, 1.165) is 18.9 Å². The van der Waals surface area contributed by atoms with Crippen LogP contribution < -0.4 is 11.1 Å². The first kappa shape index (κ1) is 15.4. The second-order valence-electron chi connectivity index (χ2n) is 5.99. The summed E-state index contributed by atoms with van der Waals surface area (Å²) in [5, 5.41) is 3.06. The van der Waals surface area contributed by atoms with Gasteiger partial charge in [-0.25, -0.2) is 0 Å². The van der Waals surface area contributed by atoms with Gasteiger partial charge in [0.15, 0.2) is 0 Å². The molecular formula is C14H29N3O. The summed E-state index contributed by atoms with van der Waals surface area (Å²) in [4.78, 5) is 14.1. The lowest BCUT2D eigenvalue weighted by Crippen LogP contribution is -2.45. The van der Waals surface area contributed by atoms with Gasteiger partial charge in [-0.2, -0.15) is 0 Å². The molecule has 1 rings (SSSR count). The van der Waals surface area contributed by atoms with Gasteiger partial charge in [0.25, 0.3) is 0 Å². The van der Waals surface area contributed by atoms with Gasteiger partial charge in [-0.3, -0.25) is 4.79 Å². The van der Waals surface area contributed by atoms with Crippen LogP contribution in [0.4, 0.5) is 0 Å². The minimum Gasteiger partial charge on any atom is -0.352 e. The van der Waals surface area contributed by atoms with E-state index in [2.05, 4.69) is 24.1 Å². The van der Waals surface area contributed by atoms with Crippen molar-refractivity contribution in [1.29, 1.82) is 0 Å². The lowest BCUT2D eigenvalue weighted by molar-refractivity contribution is -0.122. The standard InChI is InChI=1S/C14H29N3O/c1-11-5-4-8-17(9-11)10-13(3)16-14(18)7-6-12(2)15/h11-13H,4-10,15H2,1-3H3,(H,16,18). The zero-order valence-corrected chi connectivity index (χ0v) is 12.1. The number of carbonyl (C=O) groups is 1. The number of nitrogens with zero attached hydrogens (tertiary/aromatic N) is 1. The highest BCUT2D eigenvalue weighted by Crippen LogP contribution is 2.15. The first-order valence-corrected chi connectivity index (χ1v) is 7.24.